The van der Waals surface area contributed by atoms with Crippen molar-refractivity contribution in [3.8, 4) is 5.75 Å². The minimum Gasteiger partial charge on any atom is -0.493 e. The molecule has 122 valence electrons. The van der Waals surface area contributed by atoms with Gasteiger partial charge in [-0.05, 0) is 37.5 Å². The molecule has 0 unspecified atom stereocenters. The summed E-state index contributed by atoms with van der Waals surface area (Å²) in [7, 11) is 1.91. The number of nitrogens with zero attached hydrogens (tertiary/aromatic N) is 3. The van der Waals surface area contributed by atoms with Crippen LogP contribution in [-0.2, 0) is 6.54 Å². The quantitative estimate of drug-likeness (QED) is 0.788. The molecule has 2 rings (SSSR count). The Hall–Kier alpha value is -1.79. The Morgan fingerprint density at radius 3 is 2.73 bits per heavy atom. The lowest BCUT2D eigenvalue weighted by Gasteiger charge is -2.15. The Balaban J connectivity index is 0.00000242. The van der Waals surface area contributed by atoms with Crippen molar-refractivity contribution in [3.05, 3.63) is 35.2 Å². The molecule has 0 saturated heterocycles. The smallest absolute Gasteiger partial charge is 0.317 e. The average molecular weight is 327 g/mol. The zero-order valence-electron chi connectivity index (χ0n) is 13.2. The van der Waals surface area contributed by atoms with Crippen molar-refractivity contribution in [2.45, 2.75) is 26.8 Å². The predicted molar refractivity (Wildman–Crippen MR) is 88.7 cm³/mol. The van der Waals surface area contributed by atoms with Gasteiger partial charge in [-0.1, -0.05) is 17.2 Å². The van der Waals surface area contributed by atoms with Crippen LogP contribution >= 0.6 is 12.4 Å². The summed E-state index contributed by atoms with van der Waals surface area (Å²) in [4.78, 5) is 1.90. The molecule has 7 heteroatoms. The van der Waals surface area contributed by atoms with Crippen molar-refractivity contribution in [2.24, 2.45) is 5.73 Å². The van der Waals surface area contributed by atoms with Gasteiger partial charge in [-0.15, -0.1) is 17.5 Å². The Bertz CT molecular complexity index is 589. The fraction of sp³-hybridized carbons (Fsp3) is 0.467. The van der Waals surface area contributed by atoms with Crippen LogP contribution in [0.1, 0.15) is 23.4 Å². The van der Waals surface area contributed by atoms with Gasteiger partial charge >= 0.3 is 6.01 Å². The highest BCUT2D eigenvalue weighted by Crippen LogP contribution is 2.20. The van der Waals surface area contributed by atoms with Gasteiger partial charge in [0.05, 0.1) is 13.2 Å². The average Bonchev–Trinajstić information content (AvgIpc) is 2.96. The van der Waals surface area contributed by atoms with E-state index < -0.39 is 0 Å². The third kappa shape index (κ3) is 4.61. The van der Waals surface area contributed by atoms with Gasteiger partial charge in [0.1, 0.15) is 5.75 Å². The first kappa shape index (κ1) is 18.3. The number of benzene rings is 1. The molecule has 0 aliphatic carbocycles. The maximum Gasteiger partial charge on any atom is 0.317 e. The van der Waals surface area contributed by atoms with Crippen molar-refractivity contribution >= 4 is 18.4 Å². The van der Waals surface area contributed by atoms with Crippen molar-refractivity contribution in [2.75, 3.05) is 25.1 Å². The van der Waals surface area contributed by atoms with E-state index in [1.165, 1.54) is 11.1 Å². The second-order valence-electron chi connectivity index (χ2n) is 5.00. The number of hydrogen-bond acceptors (Lipinski definition) is 6. The van der Waals surface area contributed by atoms with E-state index in [1.54, 1.807) is 0 Å². The number of halogens is 1. The fourth-order valence-corrected chi connectivity index (χ4v) is 1.94. The summed E-state index contributed by atoms with van der Waals surface area (Å²) >= 11 is 0. The van der Waals surface area contributed by atoms with Crippen molar-refractivity contribution in [1.29, 1.82) is 0 Å². The van der Waals surface area contributed by atoms with Crippen LogP contribution in [0, 0.1) is 13.8 Å². The van der Waals surface area contributed by atoms with Gasteiger partial charge in [0.25, 0.3) is 0 Å². The van der Waals surface area contributed by atoms with E-state index in [-0.39, 0.29) is 19.0 Å². The van der Waals surface area contributed by atoms with Crippen LogP contribution in [0.4, 0.5) is 6.01 Å². The largest absolute Gasteiger partial charge is 0.493 e. The van der Waals surface area contributed by atoms with Crippen molar-refractivity contribution in [1.82, 2.24) is 10.2 Å². The second-order valence-corrected chi connectivity index (χ2v) is 5.00. The van der Waals surface area contributed by atoms with Gasteiger partial charge in [-0.2, -0.15) is 0 Å². The molecule has 0 spiro atoms. The first-order valence-electron chi connectivity index (χ1n) is 7.04. The van der Waals surface area contributed by atoms with E-state index in [0.29, 0.717) is 18.5 Å². The number of nitrogens with two attached hydrogens (primary N) is 1. The van der Waals surface area contributed by atoms with Gasteiger partial charge in [0.15, 0.2) is 0 Å². The number of ether oxygens (including phenoxy) is 1. The number of hydrogen-bond donors (Lipinski definition) is 1. The molecule has 2 N–H and O–H groups in total. The van der Waals surface area contributed by atoms with Gasteiger partial charge in [0.2, 0.25) is 5.89 Å². The standard InChI is InChI=1S/C15H22N4O2.ClH/c1-11-6-4-7-13(12(11)2)20-9-5-8-19(3)15-18-17-14(10-16)21-15;/h4,6-7H,5,8-10,16H2,1-3H3;1H. The molecule has 2 aromatic rings. The third-order valence-corrected chi connectivity index (χ3v) is 3.41. The number of aromatic nitrogens is 2. The number of rotatable bonds is 7. The molecule has 0 aliphatic heterocycles. The first-order valence-corrected chi connectivity index (χ1v) is 7.04. The first-order chi connectivity index (χ1) is 10.1. The summed E-state index contributed by atoms with van der Waals surface area (Å²) < 4.78 is 11.2. The lowest BCUT2D eigenvalue weighted by Crippen LogP contribution is -2.20. The summed E-state index contributed by atoms with van der Waals surface area (Å²) in [5, 5.41) is 7.78. The highest BCUT2D eigenvalue weighted by molar-refractivity contribution is 5.85. The van der Waals surface area contributed by atoms with Crippen LogP contribution < -0.4 is 15.4 Å². The van der Waals surface area contributed by atoms with E-state index in [9.17, 15) is 0 Å². The molecule has 0 saturated carbocycles. The maximum absolute atomic E-state index is 5.82. The van der Waals surface area contributed by atoms with E-state index in [4.69, 9.17) is 14.9 Å². The molecule has 0 atom stereocenters. The lowest BCUT2D eigenvalue weighted by molar-refractivity contribution is 0.309. The van der Waals surface area contributed by atoms with Gasteiger partial charge in [0, 0.05) is 13.6 Å². The zero-order valence-corrected chi connectivity index (χ0v) is 14.0. The maximum atomic E-state index is 5.82. The third-order valence-electron chi connectivity index (χ3n) is 3.41. The van der Waals surface area contributed by atoms with E-state index >= 15 is 0 Å². The minimum atomic E-state index is 0. The Morgan fingerprint density at radius 2 is 2.05 bits per heavy atom. The molecule has 1 aromatic carbocycles. The van der Waals surface area contributed by atoms with Crippen molar-refractivity contribution in [3.63, 3.8) is 0 Å². The fourth-order valence-electron chi connectivity index (χ4n) is 1.94. The topological polar surface area (TPSA) is 77.4 Å². The summed E-state index contributed by atoms with van der Waals surface area (Å²) in [6.07, 6.45) is 0.865. The van der Waals surface area contributed by atoms with Crippen LogP contribution in [0.3, 0.4) is 0 Å². The molecule has 0 aliphatic rings. The van der Waals surface area contributed by atoms with Gasteiger partial charge in [-0.3, -0.25) is 0 Å². The Kier molecular flexibility index (Phi) is 7.14. The van der Waals surface area contributed by atoms with Crippen LogP contribution in [-0.4, -0.2) is 30.4 Å². The summed E-state index contributed by atoms with van der Waals surface area (Å²) in [5.74, 6) is 1.39. The number of aryl methyl sites for hydroxylation is 1. The van der Waals surface area contributed by atoms with Crippen molar-refractivity contribution < 1.29 is 9.15 Å². The Labute approximate surface area is 137 Å². The predicted octanol–water partition coefficient (Wildman–Crippen LogP) is 2.47. The van der Waals surface area contributed by atoms with E-state index in [0.717, 1.165) is 18.7 Å². The molecule has 0 bridgehead atoms. The molecule has 6 nitrogen and oxygen atoms in total. The SMILES string of the molecule is Cc1cccc(OCCCN(C)c2nnc(CN)o2)c1C.Cl. The molecule has 0 amide bonds. The van der Waals surface area contributed by atoms with E-state index in [1.807, 2.05) is 24.1 Å². The van der Waals surface area contributed by atoms with Crippen LogP contribution in [0.5, 0.6) is 5.75 Å². The van der Waals surface area contributed by atoms with Crippen LogP contribution in [0.2, 0.25) is 0 Å². The molecular weight excluding hydrogens is 304 g/mol. The van der Waals surface area contributed by atoms with Gasteiger partial charge in [-0.25, -0.2) is 0 Å². The zero-order chi connectivity index (χ0) is 15.2. The van der Waals surface area contributed by atoms with Crippen LogP contribution in [0.15, 0.2) is 22.6 Å². The van der Waals surface area contributed by atoms with Crippen LogP contribution in [0.25, 0.3) is 0 Å². The summed E-state index contributed by atoms with van der Waals surface area (Å²) in [5.41, 5.74) is 7.87. The molecule has 1 heterocycles. The Morgan fingerprint density at radius 1 is 1.27 bits per heavy atom. The lowest BCUT2D eigenvalue weighted by atomic mass is 10.1. The highest BCUT2D eigenvalue weighted by atomic mass is 35.5. The highest BCUT2D eigenvalue weighted by Gasteiger charge is 2.09. The summed E-state index contributed by atoms with van der Waals surface area (Å²) in [6, 6.07) is 6.58. The second kappa shape index (κ2) is 8.60. The molecular formula is C15H23ClN4O2. The number of anilines is 1. The molecule has 22 heavy (non-hydrogen) atoms. The minimum absolute atomic E-state index is 0. The molecule has 0 radical (unpaired) electrons. The molecule has 1 aromatic heterocycles. The van der Waals surface area contributed by atoms with Gasteiger partial charge < -0.3 is 19.8 Å². The summed E-state index contributed by atoms with van der Waals surface area (Å²) in [6.45, 7) is 5.84. The normalized spacial score (nSPS) is 10.2. The molecule has 0 fully saturated rings. The monoisotopic (exact) mass is 326 g/mol. The van der Waals surface area contributed by atoms with E-state index in [2.05, 4.69) is 30.1 Å².